The molecule has 0 saturated carbocycles. The molecular formula is C26H24Cl2N2. The molecule has 1 fully saturated rings. The first-order valence-corrected chi connectivity index (χ1v) is 11.3. The Bertz CT molecular complexity index is 1120. The Kier molecular flexibility index (Phi) is 5.18. The van der Waals surface area contributed by atoms with Crippen LogP contribution in [0.2, 0.25) is 10.0 Å². The van der Waals surface area contributed by atoms with Gasteiger partial charge in [-0.05, 0) is 65.9 Å². The summed E-state index contributed by atoms with van der Waals surface area (Å²) >= 11 is 12.7. The fourth-order valence-corrected chi connectivity index (χ4v) is 5.75. The molecule has 3 atom stereocenters. The quantitative estimate of drug-likeness (QED) is 0.469. The molecule has 0 aromatic heterocycles. The maximum absolute atomic E-state index is 6.41. The topological polar surface area (TPSA) is 24.4 Å². The number of aliphatic imine (C=N–C) groups is 1. The van der Waals surface area contributed by atoms with Crippen molar-refractivity contribution in [3.63, 3.8) is 0 Å². The molecule has 1 saturated heterocycles. The van der Waals surface area contributed by atoms with Crippen molar-refractivity contribution >= 4 is 35.1 Å². The standard InChI is InChI=1S/C26H24Cl2N2/c1-2-17-6-3-4-9-21(17)25-26(16-30-24-15-20(28)10-11-23(24)26)22(12-13-29-25)18-7-5-8-19(27)14-18/h3-11,14-16,22,25,29H,2,12-13H2,1H3. The van der Waals surface area contributed by atoms with Gasteiger partial charge >= 0.3 is 0 Å². The molecule has 30 heavy (non-hydrogen) atoms. The molecule has 0 amide bonds. The lowest BCUT2D eigenvalue weighted by Crippen LogP contribution is -2.51. The summed E-state index contributed by atoms with van der Waals surface area (Å²) in [5.41, 5.74) is 5.89. The first kappa shape index (κ1) is 19.8. The lowest BCUT2D eigenvalue weighted by atomic mass is 9.60. The average molecular weight is 435 g/mol. The molecule has 4 heteroatoms. The van der Waals surface area contributed by atoms with Crippen molar-refractivity contribution in [1.82, 2.24) is 5.32 Å². The second-order valence-electron chi connectivity index (χ2n) is 8.19. The number of nitrogens with zero attached hydrogens (tertiary/aromatic N) is 1. The van der Waals surface area contributed by atoms with Crippen molar-refractivity contribution in [3.8, 4) is 0 Å². The van der Waals surface area contributed by atoms with Gasteiger partial charge in [0.05, 0.1) is 11.1 Å². The summed E-state index contributed by atoms with van der Waals surface area (Å²) in [6, 6.07) is 23.3. The minimum absolute atomic E-state index is 0.123. The van der Waals surface area contributed by atoms with Crippen LogP contribution >= 0.6 is 23.2 Å². The van der Waals surface area contributed by atoms with Crippen molar-refractivity contribution in [1.29, 1.82) is 0 Å². The van der Waals surface area contributed by atoms with Crippen molar-refractivity contribution in [2.45, 2.75) is 37.1 Å². The van der Waals surface area contributed by atoms with Gasteiger partial charge in [0, 0.05) is 28.2 Å². The molecule has 1 spiro atoms. The lowest BCUT2D eigenvalue weighted by Gasteiger charge is -2.48. The fourth-order valence-electron chi connectivity index (χ4n) is 5.38. The third kappa shape index (κ3) is 3.10. The van der Waals surface area contributed by atoms with Gasteiger partial charge in [-0.15, -0.1) is 0 Å². The molecule has 152 valence electrons. The molecule has 3 aromatic rings. The van der Waals surface area contributed by atoms with E-state index >= 15 is 0 Å². The van der Waals surface area contributed by atoms with Crippen LogP contribution in [0.4, 0.5) is 5.69 Å². The number of halogens is 2. The van der Waals surface area contributed by atoms with Crippen LogP contribution in [0.3, 0.4) is 0 Å². The normalized spacial score (nSPS) is 24.9. The number of nitrogens with one attached hydrogen (secondary N) is 1. The molecule has 3 unspecified atom stereocenters. The first-order chi connectivity index (χ1) is 14.6. The summed E-state index contributed by atoms with van der Waals surface area (Å²) in [6.07, 6.45) is 4.18. The molecule has 3 aromatic carbocycles. The zero-order valence-electron chi connectivity index (χ0n) is 16.9. The van der Waals surface area contributed by atoms with Gasteiger partial charge in [-0.25, -0.2) is 0 Å². The van der Waals surface area contributed by atoms with Gasteiger partial charge in [0.1, 0.15) is 0 Å². The monoisotopic (exact) mass is 434 g/mol. The van der Waals surface area contributed by atoms with Crippen LogP contribution in [-0.2, 0) is 11.8 Å². The second kappa shape index (κ2) is 7.85. The lowest BCUT2D eigenvalue weighted by molar-refractivity contribution is 0.269. The van der Waals surface area contributed by atoms with E-state index in [0.717, 1.165) is 35.1 Å². The molecule has 5 rings (SSSR count). The van der Waals surface area contributed by atoms with Gasteiger partial charge in [-0.2, -0.15) is 0 Å². The van der Waals surface area contributed by atoms with Gasteiger partial charge in [-0.1, -0.05) is 72.6 Å². The third-order valence-electron chi connectivity index (χ3n) is 6.68. The Morgan fingerprint density at radius 3 is 2.67 bits per heavy atom. The maximum Gasteiger partial charge on any atom is 0.0683 e. The predicted octanol–water partition coefficient (Wildman–Crippen LogP) is 7.03. The minimum atomic E-state index is -0.297. The third-order valence-corrected chi connectivity index (χ3v) is 7.15. The van der Waals surface area contributed by atoms with Gasteiger partial charge in [0.2, 0.25) is 0 Å². The van der Waals surface area contributed by atoms with Crippen LogP contribution in [0.5, 0.6) is 0 Å². The van der Waals surface area contributed by atoms with Gasteiger partial charge in [0.25, 0.3) is 0 Å². The molecule has 1 N–H and O–H groups in total. The summed E-state index contributed by atoms with van der Waals surface area (Å²) in [4.78, 5) is 4.88. The Morgan fingerprint density at radius 2 is 1.83 bits per heavy atom. The number of benzene rings is 3. The molecule has 2 nitrogen and oxygen atoms in total. The first-order valence-electron chi connectivity index (χ1n) is 10.6. The van der Waals surface area contributed by atoms with Crippen molar-refractivity contribution in [3.05, 3.63) is 99.0 Å². The molecular weight excluding hydrogens is 411 g/mol. The highest BCUT2D eigenvalue weighted by Crippen LogP contribution is 2.56. The summed E-state index contributed by atoms with van der Waals surface area (Å²) in [6.45, 7) is 3.16. The van der Waals surface area contributed by atoms with Crippen LogP contribution < -0.4 is 5.32 Å². The molecule has 2 heterocycles. The fraction of sp³-hybridized carbons (Fsp3) is 0.269. The molecule has 0 radical (unpaired) electrons. The van der Waals surface area contributed by atoms with Crippen molar-refractivity contribution in [2.75, 3.05) is 6.54 Å². The van der Waals surface area contributed by atoms with E-state index in [1.54, 1.807) is 0 Å². The van der Waals surface area contributed by atoms with E-state index in [1.807, 2.05) is 18.2 Å². The van der Waals surface area contributed by atoms with Gasteiger partial charge in [-0.3, -0.25) is 4.99 Å². The largest absolute Gasteiger partial charge is 0.309 e. The Morgan fingerprint density at radius 1 is 1.00 bits per heavy atom. The van der Waals surface area contributed by atoms with Crippen molar-refractivity contribution in [2.24, 2.45) is 4.99 Å². The average Bonchev–Trinajstić information content (AvgIpc) is 3.12. The van der Waals surface area contributed by atoms with E-state index in [9.17, 15) is 0 Å². The van der Waals surface area contributed by atoms with Crippen LogP contribution in [0.1, 0.15) is 47.6 Å². The van der Waals surface area contributed by atoms with Crippen LogP contribution in [0.15, 0.2) is 71.7 Å². The Balaban J connectivity index is 1.75. The van der Waals surface area contributed by atoms with Gasteiger partial charge in [0.15, 0.2) is 0 Å². The number of aryl methyl sites for hydroxylation is 1. The number of hydrogen-bond donors (Lipinski definition) is 1. The Hall–Kier alpha value is -2.13. The molecule has 2 aliphatic heterocycles. The van der Waals surface area contributed by atoms with Crippen LogP contribution in [0.25, 0.3) is 0 Å². The van der Waals surface area contributed by atoms with Crippen molar-refractivity contribution < 1.29 is 0 Å². The van der Waals surface area contributed by atoms with Gasteiger partial charge < -0.3 is 5.32 Å². The highest BCUT2D eigenvalue weighted by atomic mass is 35.5. The van der Waals surface area contributed by atoms with Crippen LogP contribution in [-0.4, -0.2) is 12.8 Å². The predicted molar refractivity (Wildman–Crippen MR) is 127 cm³/mol. The molecule has 2 aliphatic rings. The summed E-state index contributed by atoms with van der Waals surface area (Å²) in [5, 5.41) is 5.35. The van der Waals surface area contributed by atoms with E-state index in [4.69, 9.17) is 28.2 Å². The summed E-state index contributed by atoms with van der Waals surface area (Å²) < 4.78 is 0. The zero-order valence-corrected chi connectivity index (χ0v) is 18.4. The number of hydrogen-bond acceptors (Lipinski definition) is 2. The highest BCUT2D eigenvalue weighted by molar-refractivity contribution is 6.31. The number of rotatable bonds is 3. The van der Waals surface area contributed by atoms with E-state index in [2.05, 4.69) is 67.0 Å². The van der Waals surface area contributed by atoms with E-state index in [1.165, 1.54) is 22.3 Å². The van der Waals surface area contributed by atoms with E-state index < -0.39 is 0 Å². The van der Waals surface area contributed by atoms with E-state index in [-0.39, 0.29) is 17.4 Å². The number of piperidine rings is 1. The molecule has 0 aliphatic carbocycles. The molecule has 0 bridgehead atoms. The zero-order chi connectivity index (χ0) is 20.7. The summed E-state index contributed by atoms with van der Waals surface area (Å²) in [5.74, 6) is 0.263. The number of fused-ring (bicyclic) bond motifs is 2. The maximum atomic E-state index is 6.41. The van der Waals surface area contributed by atoms with E-state index in [0.29, 0.717) is 0 Å². The Labute approximate surface area is 188 Å². The smallest absolute Gasteiger partial charge is 0.0683 e. The minimum Gasteiger partial charge on any atom is -0.309 e. The van der Waals surface area contributed by atoms with Crippen LogP contribution in [0, 0.1) is 0 Å². The highest BCUT2D eigenvalue weighted by Gasteiger charge is 2.52. The summed E-state index contributed by atoms with van der Waals surface area (Å²) in [7, 11) is 0. The SMILES string of the molecule is CCc1ccccc1C1NCCC(c2cccc(Cl)c2)C12C=Nc1cc(Cl)ccc12. The second-order valence-corrected chi connectivity index (χ2v) is 9.06.